The van der Waals surface area contributed by atoms with Gasteiger partial charge in [0.2, 0.25) is 0 Å². The first kappa shape index (κ1) is 9.38. The van der Waals surface area contributed by atoms with Gasteiger partial charge in [-0.05, 0) is 29.3 Å². The molecule has 0 saturated carbocycles. The summed E-state index contributed by atoms with van der Waals surface area (Å²) in [6, 6.07) is 1.66. The molecule has 1 aromatic rings. The molecule has 3 nitrogen and oxygen atoms in total. The third-order valence-corrected chi connectivity index (χ3v) is 2.24. The van der Waals surface area contributed by atoms with Crippen LogP contribution in [0.2, 0.25) is 0 Å². The highest BCUT2D eigenvalue weighted by Gasteiger charge is 2.21. The van der Waals surface area contributed by atoms with Crippen LogP contribution in [0.1, 0.15) is 18.6 Å². The number of aliphatic hydroxyl groups excluding tert-OH is 2. The predicted octanol–water partition coefficient (Wildman–Crippen LogP) is 0.731. The van der Waals surface area contributed by atoms with Crippen LogP contribution >= 0.6 is 11.3 Å². The van der Waals surface area contributed by atoms with E-state index >= 15 is 0 Å². The lowest BCUT2D eigenvalue weighted by Crippen LogP contribution is -2.23. The third kappa shape index (κ3) is 1.91. The fraction of sp³-hybridized carbons (Fsp3) is 0.375. The zero-order valence-electron chi connectivity index (χ0n) is 6.60. The SMILES string of the molecule is CC(O)C(=O)C(O)c1ccsc1. The van der Waals surface area contributed by atoms with Crippen LogP contribution in [-0.2, 0) is 4.79 Å². The monoisotopic (exact) mass is 186 g/mol. The second kappa shape index (κ2) is 3.80. The van der Waals surface area contributed by atoms with E-state index in [1.807, 2.05) is 0 Å². The topological polar surface area (TPSA) is 57.5 Å². The number of hydrogen-bond acceptors (Lipinski definition) is 4. The molecule has 0 bridgehead atoms. The van der Waals surface area contributed by atoms with Gasteiger partial charge >= 0.3 is 0 Å². The highest BCUT2D eigenvalue weighted by atomic mass is 32.1. The quantitative estimate of drug-likeness (QED) is 0.731. The van der Waals surface area contributed by atoms with Gasteiger partial charge in [-0.25, -0.2) is 0 Å². The number of ketones is 1. The number of thiophene rings is 1. The molecule has 1 heterocycles. The van der Waals surface area contributed by atoms with Gasteiger partial charge in [0, 0.05) is 0 Å². The van der Waals surface area contributed by atoms with Crippen molar-refractivity contribution < 1.29 is 15.0 Å². The van der Waals surface area contributed by atoms with Gasteiger partial charge in [-0.2, -0.15) is 11.3 Å². The van der Waals surface area contributed by atoms with Crippen LogP contribution in [0.25, 0.3) is 0 Å². The first-order valence-corrected chi connectivity index (χ1v) is 4.49. The zero-order chi connectivity index (χ0) is 9.14. The van der Waals surface area contributed by atoms with E-state index in [4.69, 9.17) is 5.11 Å². The lowest BCUT2D eigenvalue weighted by molar-refractivity contribution is -0.135. The van der Waals surface area contributed by atoms with Crippen LogP contribution in [0, 0.1) is 0 Å². The largest absolute Gasteiger partial charge is 0.385 e. The Morgan fingerprint density at radius 3 is 2.67 bits per heavy atom. The lowest BCUT2D eigenvalue weighted by Gasteiger charge is -2.08. The third-order valence-electron chi connectivity index (χ3n) is 1.54. The Kier molecular flexibility index (Phi) is 2.97. The van der Waals surface area contributed by atoms with Crippen molar-refractivity contribution in [1.82, 2.24) is 0 Å². The zero-order valence-corrected chi connectivity index (χ0v) is 7.41. The van der Waals surface area contributed by atoms with E-state index in [1.165, 1.54) is 18.3 Å². The molecule has 12 heavy (non-hydrogen) atoms. The van der Waals surface area contributed by atoms with Crippen molar-refractivity contribution in [3.63, 3.8) is 0 Å². The maximum Gasteiger partial charge on any atom is 0.193 e. The Balaban J connectivity index is 2.72. The standard InChI is InChI=1S/C8H10O3S/c1-5(9)7(10)8(11)6-2-3-12-4-6/h2-5,8-9,11H,1H3. The normalized spacial score (nSPS) is 15.6. The molecule has 0 saturated heterocycles. The molecule has 0 aliphatic heterocycles. The van der Waals surface area contributed by atoms with Gasteiger partial charge in [0.25, 0.3) is 0 Å². The molecule has 66 valence electrons. The first-order valence-electron chi connectivity index (χ1n) is 3.55. The summed E-state index contributed by atoms with van der Waals surface area (Å²) in [5.41, 5.74) is 0.547. The highest BCUT2D eigenvalue weighted by molar-refractivity contribution is 7.08. The van der Waals surface area contributed by atoms with Crippen molar-refractivity contribution in [2.45, 2.75) is 19.1 Å². The van der Waals surface area contributed by atoms with E-state index in [2.05, 4.69) is 0 Å². The second-order valence-electron chi connectivity index (χ2n) is 2.54. The van der Waals surface area contributed by atoms with Crippen LogP contribution in [0.5, 0.6) is 0 Å². The second-order valence-corrected chi connectivity index (χ2v) is 3.32. The van der Waals surface area contributed by atoms with Crippen molar-refractivity contribution >= 4 is 17.1 Å². The van der Waals surface area contributed by atoms with Gasteiger partial charge in [0.05, 0.1) is 0 Å². The van der Waals surface area contributed by atoms with Crippen molar-refractivity contribution in [1.29, 1.82) is 0 Å². The smallest absolute Gasteiger partial charge is 0.193 e. The van der Waals surface area contributed by atoms with Crippen molar-refractivity contribution in [2.75, 3.05) is 0 Å². The number of aliphatic hydroxyl groups is 2. The van der Waals surface area contributed by atoms with Gasteiger partial charge < -0.3 is 10.2 Å². The van der Waals surface area contributed by atoms with Crippen molar-refractivity contribution in [2.24, 2.45) is 0 Å². The molecular formula is C8H10O3S. The summed E-state index contributed by atoms with van der Waals surface area (Å²) in [6.45, 7) is 1.35. The summed E-state index contributed by atoms with van der Waals surface area (Å²) in [7, 11) is 0. The molecule has 0 radical (unpaired) electrons. The number of rotatable bonds is 3. The highest BCUT2D eigenvalue weighted by Crippen LogP contribution is 2.17. The molecule has 2 unspecified atom stereocenters. The predicted molar refractivity (Wildman–Crippen MR) is 46.0 cm³/mol. The number of hydrogen-bond donors (Lipinski definition) is 2. The Bertz CT molecular complexity index is 253. The van der Waals surface area contributed by atoms with E-state index in [-0.39, 0.29) is 0 Å². The maximum absolute atomic E-state index is 11.0. The first-order chi connectivity index (χ1) is 5.63. The van der Waals surface area contributed by atoms with E-state index in [1.54, 1.807) is 16.8 Å². The molecule has 0 aliphatic rings. The summed E-state index contributed by atoms with van der Waals surface area (Å²) in [4.78, 5) is 11.0. The molecule has 4 heteroatoms. The minimum absolute atomic E-state index is 0.547. The fourth-order valence-electron chi connectivity index (χ4n) is 0.823. The molecule has 1 aromatic heterocycles. The fourth-order valence-corrected chi connectivity index (χ4v) is 1.50. The molecule has 0 aromatic carbocycles. The van der Waals surface area contributed by atoms with Crippen molar-refractivity contribution in [3.8, 4) is 0 Å². The number of carbonyl (C=O) groups is 1. The minimum Gasteiger partial charge on any atom is -0.385 e. The molecule has 0 fully saturated rings. The van der Waals surface area contributed by atoms with Gasteiger partial charge in [-0.15, -0.1) is 0 Å². The average Bonchev–Trinajstić information content (AvgIpc) is 2.53. The minimum atomic E-state index is -1.18. The molecule has 0 amide bonds. The van der Waals surface area contributed by atoms with E-state index in [9.17, 15) is 9.90 Å². The van der Waals surface area contributed by atoms with Crippen LogP contribution in [0.3, 0.4) is 0 Å². The van der Waals surface area contributed by atoms with Gasteiger partial charge in [0.15, 0.2) is 5.78 Å². The van der Waals surface area contributed by atoms with Gasteiger partial charge in [0.1, 0.15) is 12.2 Å². The average molecular weight is 186 g/mol. The summed E-state index contributed by atoms with van der Waals surface area (Å²) in [5, 5.41) is 21.7. The summed E-state index contributed by atoms with van der Waals surface area (Å²) >= 11 is 1.40. The Labute approximate surface area is 74.3 Å². The van der Waals surface area contributed by atoms with Gasteiger partial charge in [-0.1, -0.05) is 0 Å². The van der Waals surface area contributed by atoms with Crippen LogP contribution in [0.4, 0.5) is 0 Å². The molecular weight excluding hydrogens is 176 g/mol. The molecule has 2 N–H and O–H groups in total. The molecule has 2 atom stereocenters. The lowest BCUT2D eigenvalue weighted by atomic mass is 10.1. The summed E-state index contributed by atoms with van der Waals surface area (Å²) in [5.74, 6) is -0.562. The van der Waals surface area contributed by atoms with Gasteiger partial charge in [-0.3, -0.25) is 4.79 Å². The van der Waals surface area contributed by atoms with Crippen LogP contribution in [-0.4, -0.2) is 22.1 Å². The Hall–Kier alpha value is -0.710. The molecule has 1 rings (SSSR count). The Morgan fingerprint density at radius 2 is 2.25 bits per heavy atom. The number of carbonyl (C=O) groups excluding carboxylic acids is 1. The van der Waals surface area contributed by atoms with E-state index in [0.29, 0.717) is 5.56 Å². The maximum atomic E-state index is 11.0. The van der Waals surface area contributed by atoms with E-state index < -0.39 is 18.0 Å². The van der Waals surface area contributed by atoms with Crippen LogP contribution in [0.15, 0.2) is 16.8 Å². The summed E-state index contributed by atoms with van der Waals surface area (Å²) in [6.07, 6.45) is -2.30. The molecule has 0 spiro atoms. The van der Waals surface area contributed by atoms with E-state index in [0.717, 1.165) is 0 Å². The Morgan fingerprint density at radius 1 is 1.58 bits per heavy atom. The summed E-state index contributed by atoms with van der Waals surface area (Å²) < 4.78 is 0. The van der Waals surface area contributed by atoms with Crippen molar-refractivity contribution in [3.05, 3.63) is 22.4 Å². The molecule has 0 aliphatic carbocycles. The van der Waals surface area contributed by atoms with Crippen LogP contribution < -0.4 is 0 Å². The number of Topliss-reactive ketones (excluding diaryl/α,β-unsaturated/α-hetero) is 1.